The number of nitrogens with two attached hydrogens (primary N) is 1. The summed E-state index contributed by atoms with van der Waals surface area (Å²) >= 11 is 0. The molecule has 1 unspecified atom stereocenters. The van der Waals surface area contributed by atoms with Crippen LogP contribution in [-0.4, -0.2) is 45.4 Å². The van der Waals surface area contributed by atoms with E-state index in [9.17, 15) is 13.2 Å². The van der Waals surface area contributed by atoms with Gasteiger partial charge in [-0.25, -0.2) is 4.98 Å². The van der Waals surface area contributed by atoms with Crippen molar-refractivity contribution in [3.8, 4) is 11.5 Å². The molecule has 1 fully saturated rings. The lowest BCUT2D eigenvalue weighted by molar-refractivity contribution is -0.141. The van der Waals surface area contributed by atoms with Crippen molar-refractivity contribution in [2.24, 2.45) is 22.1 Å². The molecule has 0 aromatic carbocycles. The van der Waals surface area contributed by atoms with E-state index in [0.717, 1.165) is 18.9 Å². The normalized spacial score (nSPS) is 16.2. The highest BCUT2D eigenvalue weighted by atomic mass is 19.4. The second-order valence-corrected chi connectivity index (χ2v) is 8.33. The molecule has 1 aliphatic rings. The van der Waals surface area contributed by atoms with Crippen LogP contribution in [0.4, 0.5) is 25.1 Å². The predicted molar refractivity (Wildman–Crippen MR) is 114 cm³/mol. The third kappa shape index (κ3) is 5.80. The van der Waals surface area contributed by atoms with Crippen molar-refractivity contribution in [3.05, 3.63) is 23.9 Å². The molecular formula is C20H27F3N8. The van der Waals surface area contributed by atoms with Crippen LogP contribution in [0, 0.1) is 11.3 Å². The molecule has 1 saturated carbocycles. The number of pyridine rings is 1. The summed E-state index contributed by atoms with van der Waals surface area (Å²) in [6.45, 7) is 6.21. The minimum Gasteiger partial charge on any atom is -0.387 e. The number of nitrogens with zero attached hydrogens (tertiary/aromatic N) is 5. The molecule has 0 bridgehead atoms. The number of aliphatic imine (C=N–C) groups is 1. The minimum absolute atomic E-state index is 0.0105. The Labute approximate surface area is 179 Å². The molecule has 0 radical (unpaired) electrons. The first-order chi connectivity index (χ1) is 14.5. The van der Waals surface area contributed by atoms with Crippen LogP contribution in [0.25, 0.3) is 11.5 Å². The Kier molecular flexibility index (Phi) is 6.33. The number of hydrogen-bond acceptors (Lipinski definition) is 7. The Morgan fingerprint density at radius 2 is 1.84 bits per heavy atom. The van der Waals surface area contributed by atoms with E-state index in [1.165, 1.54) is 12.1 Å². The fourth-order valence-electron chi connectivity index (χ4n) is 2.96. The SMILES string of the molecule is CN=C(N)C(C)(C)CNc1nc(NC(C)C2CC2)nc(-c2cccc(C(F)(F)F)n2)n1. The Bertz CT molecular complexity index is 954. The molecule has 168 valence electrons. The van der Waals surface area contributed by atoms with Gasteiger partial charge in [0.1, 0.15) is 17.2 Å². The van der Waals surface area contributed by atoms with Crippen molar-refractivity contribution in [1.29, 1.82) is 0 Å². The van der Waals surface area contributed by atoms with Crippen LogP contribution in [0.3, 0.4) is 0 Å². The van der Waals surface area contributed by atoms with Crippen LogP contribution in [0.15, 0.2) is 23.2 Å². The monoisotopic (exact) mass is 436 g/mol. The average Bonchev–Trinajstić information content (AvgIpc) is 3.56. The lowest BCUT2D eigenvalue weighted by atomic mass is 9.92. The molecule has 4 N–H and O–H groups in total. The Morgan fingerprint density at radius 3 is 2.45 bits per heavy atom. The van der Waals surface area contributed by atoms with Crippen LogP contribution in [0.1, 0.15) is 39.3 Å². The number of amidine groups is 1. The van der Waals surface area contributed by atoms with Gasteiger partial charge in [-0.2, -0.15) is 28.1 Å². The molecule has 1 atom stereocenters. The molecule has 1 aliphatic carbocycles. The first kappa shape index (κ1) is 22.7. The minimum atomic E-state index is -4.56. The molecule has 31 heavy (non-hydrogen) atoms. The van der Waals surface area contributed by atoms with Crippen molar-refractivity contribution in [2.45, 2.75) is 45.8 Å². The maximum absolute atomic E-state index is 13.1. The van der Waals surface area contributed by atoms with Gasteiger partial charge in [0.25, 0.3) is 0 Å². The summed E-state index contributed by atoms with van der Waals surface area (Å²) in [4.78, 5) is 20.7. The van der Waals surface area contributed by atoms with Gasteiger partial charge in [-0.1, -0.05) is 19.9 Å². The zero-order valence-electron chi connectivity index (χ0n) is 18.0. The smallest absolute Gasteiger partial charge is 0.387 e. The fraction of sp³-hybridized carbons (Fsp3) is 0.550. The van der Waals surface area contributed by atoms with E-state index in [1.807, 2.05) is 20.8 Å². The second kappa shape index (κ2) is 8.64. The molecule has 2 aromatic heterocycles. The highest BCUT2D eigenvalue weighted by Gasteiger charge is 2.33. The van der Waals surface area contributed by atoms with Gasteiger partial charge in [0.2, 0.25) is 11.9 Å². The molecule has 8 nitrogen and oxygen atoms in total. The van der Waals surface area contributed by atoms with Crippen LogP contribution in [-0.2, 0) is 6.18 Å². The number of alkyl halides is 3. The molecule has 0 amide bonds. The Balaban J connectivity index is 1.93. The van der Waals surface area contributed by atoms with Gasteiger partial charge in [0.15, 0.2) is 5.82 Å². The summed E-state index contributed by atoms with van der Waals surface area (Å²) in [6.07, 6.45) is -2.32. The van der Waals surface area contributed by atoms with E-state index in [4.69, 9.17) is 5.73 Å². The van der Waals surface area contributed by atoms with Gasteiger partial charge in [-0.05, 0) is 37.8 Å². The van der Waals surface area contributed by atoms with Gasteiger partial charge >= 0.3 is 6.18 Å². The van der Waals surface area contributed by atoms with Crippen LogP contribution >= 0.6 is 0 Å². The molecule has 0 spiro atoms. The molecular weight excluding hydrogens is 409 g/mol. The standard InChI is InChI=1S/C20H27F3N8/c1-11(12-8-9-12)27-18-30-15(13-6-5-7-14(28-13)20(21,22)23)29-17(31-18)26-10-19(2,3)16(24)25-4/h5-7,11-12H,8-10H2,1-4H3,(H2,24,25)(H2,26,27,29,30,31). The summed E-state index contributed by atoms with van der Waals surface area (Å²) in [7, 11) is 1.61. The average molecular weight is 436 g/mol. The summed E-state index contributed by atoms with van der Waals surface area (Å²) in [6, 6.07) is 3.77. The second-order valence-electron chi connectivity index (χ2n) is 8.33. The molecule has 0 aliphatic heterocycles. The van der Waals surface area contributed by atoms with Crippen molar-refractivity contribution in [3.63, 3.8) is 0 Å². The summed E-state index contributed by atoms with van der Waals surface area (Å²) in [5, 5.41) is 6.33. The third-order valence-corrected chi connectivity index (χ3v) is 5.21. The van der Waals surface area contributed by atoms with Crippen LogP contribution in [0.2, 0.25) is 0 Å². The molecule has 0 saturated heterocycles. The van der Waals surface area contributed by atoms with E-state index in [-0.39, 0.29) is 29.5 Å². The van der Waals surface area contributed by atoms with Gasteiger partial charge in [-0.3, -0.25) is 4.99 Å². The predicted octanol–water partition coefficient (Wildman–Crippen LogP) is 3.59. The Morgan fingerprint density at radius 1 is 1.16 bits per heavy atom. The summed E-state index contributed by atoms with van der Waals surface area (Å²) in [5.74, 6) is 1.52. The highest BCUT2D eigenvalue weighted by molar-refractivity contribution is 5.86. The van der Waals surface area contributed by atoms with E-state index >= 15 is 0 Å². The molecule has 11 heteroatoms. The Hall–Kier alpha value is -2.98. The van der Waals surface area contributed by atoms with Gasteiger partial charge in [-0.15, -0.1) is 0 Å². The third-order valence-electron chi connectivity index (χ3n) is 5.21. The van der Waals surface area contributed by atoms with E-state index in [0.29, 0.717) is 18.3 Å². The lowest BCUT2D eigenvalue weighted by Crippen LogP contribution is -2.38. The van der Waals surface area contributed by atoms with E-state index in [2.05, 4.69) is 35.6 Å². The molecule has 2 aromatic rings. The largest absolute Gasteiger partial charge is 0.433 e. The zero-order valence-corrected chi connectivity index (χ0v) is 18.0. The quantitative estimate of drug-likeness (QED) is 0.428. The molecule has 2 heterocycles. The van der Waals surface area contributed by atoms with Crippen molar-refractivity contribution in [1.82, 2.24) is 19.9 Å². The summed E-state index contributed by atoms with van der Waals surface area (Å²) < 4.78 is 39.3. The van der Waals surface area contributed by atoms with E-state index in [1.54, 1.807) is 7.05 Å². The summed E-state index contributed by atoms with van der Waals surface area (Å²) in [5.41, 5.74) is 4.48. The van der Waals surface area contributed by atoms with Crippen LogP contribution in [0.5, 0.6) is 0 Å². The number of rotatable bonds is 8. The topological polar surface area (TPSA) is 114 Å². The van der Waals surface area contributed by atoms with Gasteiger partial charge < -0.3 is 16.4 Å². The van der Waals surface area contributed by atoms with Crippen molar-refractivity contribution >= 4 is 17.7 Å². The van der Waals surface area contributed by atoms with Gasteiger partial charge in [0.05, 0.1) is 0 Å². The van der Waals surface area contributed by atoms with E-state index < -0.39 is 17.3 Å². The maximum atomic E-state index is 13.1. The first-order valence-electron chi connectivity index (χ1n) is 10.0. The number of aromatic nitrogens is 4. The number of anilines is 2. The fourth-order valence-corrected chi connectivity index (χ4v) is 2.96. The molecule has 3 rings (SSSR count). The number of halogens is 3. The number of hydrogen-bond donors (Lipinski definition) is 3. The number of nitrogens with one attached hydrogen (secondary N) is 2. The van der Waals surface area contributed by atoms with Crippen molar-refractivity contribution < 1.29 is 13.2 Å². The van der Waals surface area contributed by atoms with Crippen molar-refractivity contribution in [2.75, 3.05) is 24.2 Å². The maximum Gasteiger partial charge on any atom is 0.433 e. The zero-order chi connectivity index (χ0) is 22.8. The lowest BCUT2D eigenvalue weighted by Gasteiger charge is -2.24. The first-order valence-corrected chi connectivity index (χ1v) is 10.0. The highest BCUT2D eigenvalue weighted by Crippen LogP contribution is 2.34. The van der Waals surface area contributed by atoms with Gasteiger partial charge in [0, 0.05) is 25.0 Å². The van der Waals surface area contributed by atoms with Crippen LogP contribution < -0.4 is 16.4 Å².